The Balaban J connectivity index is 1.44. The largest absolute Gasteiger partial charge is 0.298 e. The van der Waals surface area contributed by atoms with Crippen molar-refractivity contribution in [2.75, 3.05) is 13.1 Å². The van der Waals surface area contributed by atoms with Gasteiger partial charge in [0, 0.05) is 36.4 Å². The van der Waals surface area contributed by atoms with E-state index in [1.54, 1.807) is 6.20 Å². The molecule has 1 aromatic carbocycles. The van der Waals surface area contributed by atoms with Crippen LogP contribution in [0.4, 0.5) is 4.39 Å². The van der Waals surface area contributed by atoms with Gasteiger partial charge in [0.1, 0.15) is 0 Å². The number of alkyl halides is 1. The van der Waals surface area contributed by atoms with Crippen molar-refractivity contribution in [3.63, 3.8) is 0 Å². The molecular formula is C24H27FN4O. The van der Waals surface area contributed by atoms with Gasteiger partial charge in [0.2, 0.25) is 0 Å². The number of nitrogens with zero attached hydrogens (tertiary/aromatic N) is 4. The zero-order valence-corrected chi connectivity index (χ0v) is 17.4. The Hall–Kier alpha value is -2.60. The Morgan fingerprint density at radius 3 is 2.67 bits per heavy atom. The predicted molar refractivity (Wildman–Crippen MR) is 115 cm³/mol. The zero-order valence-electron chi connectivity index (χ0n) is 17.4. The van der Waals surface area contributed by atoms with E-state index >= 15 is 0 Å². The highest BCUT2D eigenvalue weighted by Gasteiger charge is 2.50. The highest BCUT2D eigenvalue weighted by atomic mass is 19.1. The Bertz CT molecular complexity index is 1100. The fourth-order valence-electron chi connectivity index (χ4n) is 4.38. The molecule has 2 fully saturated rings. The van der Waals surface area contributed by atoms with E-state index < -0.39 is 5.67 Å². The minimum absolute atomic E-state index is 0.0593. The molecule has 5 nitrogen and oxygen atoms in total. The third kappa shape index (κ3) is 3.76. The van der Waals surface area contributed by atoms with Crippen LogP contribution in [0.5, 0.6) is 0 Å². The van der Waals surface area contributed by atoms with Crippen molar-refractivity contribution in [1.29, 1.82) is 0 Å². The van der Waals surface area contributed by atoms with Gasteiger partial charge in [-0.2, -0.15) is 5.10 Å². The summed E-state index contributed by atoms with van der Waals surface area (Å²) in [5, 5.41) is 6.55. The van der Waals surface area contributed by atoms with Crippen molar-refractivity contribution in [2.45, 2.75) is 50.7 Å². The molecule has 0 N–H and O–H groups in total. The maximum absolute atomic E-state index is 14.0. The third-order valence-corrected chi connectivity index (χ3v) is 6.50. The lowest BCUT2D eigenvalue weighted by Gasteiger charge is -2.26. The summed E-state index contributed by atoms with van der Waals surface area (Å²) in [7, 11) is 2.00. The lowest BCUT2D eigenvalue weighted by atomic mass is 10.0. The van der Waals surface area contributed by atoms with Gasteiger partial charge < -0.3 is 0 Å². The normalized spacial score (nSPS) is 18.6. The van der Waals surface area contributed by atoms with Crippen LogP contribution in [0.1, 0.15) is 43.5 Å². The molecule has 1 saturated heterocycles. The number of rotatable bonds is 6. The van der Waals surface area contributed by atoms with Crippen molar-refractivity contribution < 1.29 is 9.18 Å². The van der Waals surface area contributed by atoms with Crippen LogP contribution in [-0.4, -0.2) is 44.2 Å². The number of halogens is 1. The SMILES string of the molecule is Cn1ncc(-c2ccc3cnc(CC(=O)C4(F)CC4)cc3c2)c1CN1CCCCC1. The smallest absolute Gasteiger partial charge is 0.175 e. The monoisotopic (exact) mass is 406 g/mol. The summed E-state index contributed by atoms with van der Waals surface area (Å²) in [6, 6.07) is 8.21. The summed E-state index contributed by atoms with van der Waals surface area (Å²) in [5.74, 6) is -0.346. The van der Waals surface area contributed by atoms with Crippen LogP contribution in [0.25, 0.3) is 21.9 Å². The number of aromatic nitrogens is 3. The molecule has 30 heavy (non-hydrogen) atoms. The number of ketones is 1. The predicted octanol–water partition coefficient (Wildman–Crippen LogP) is 4.23. The molecule has 6 heteroatoms. The Kier molecular flexibility index (Phi) is 4.89. The van der Waals surface area contributed by atoms with Crippen molar-refractivity contribution in [3.05, 3.63) is 48.0 Å². The maximum Gasteiger partial charge on any atom is 0.175 e. The Morgan fingerprint density at radius 1 is 1.10 bits per heavy atom. The number of carbonyl (C=O) groups is 1. The number of hydrogen-bond donors (Lipinski definition) is 0. The summed E-state index contributed by atoms with van der Waals surface area (Å²) in [5.41, 5.74) is 2.50. The molecule has 0 amide bonds. The van der Waals surface area contributed by atoms with Crippen LogP contribution in [0.15, 0.2) is 36.7 Å². The minimum Gasteiger partial charge on any atom is -0.298 e. The number of likely N-dealkylation sites (tertiary alicyclic amines) is 1. The molecule has 0 bridgehead atoms. The molecule has 1 aliphatic carbocycles. The first-order chi connectivity index (χ1) is 14.5. The molecule has 2 aliphatic rings. The summed E-state index contributed by atoms with van der Waals surface area (Å²) in [4.78, 5) is 19.0. The quantitative estimate of drug-likeness (QED) is 0.615. The molecule has 0 spiro atoms. The highest BCUT2D eigenvalue weighted by molar-refractivity contribution is 5.93. The fourth-order valence-corrected chi connectivity index (χ4v) is 4.38. The average Bonchev–Trinajstić information content (AvgIpc) is 3.42. The zero-order chi connectivity index (χ0) is 20.7. The topological polar surface area (TPSA) is 51.0 Å². The number of hydrogen-bond acceptors (Lipinski definition) is 4. The molecular weight excluding hydrogens is 379 g/mol. The molecule has 1 saturated carbocycles. The van der Waals surface area contributed by atoms with Gasteiger partial charge in [-0.1, -0.05) is 18.6 Å². The maximum atomic E-state index is 14.0. The molecule has 0 unspecified atom stereocenters. The van der Waals surface area contributed by atoms with Crippen molar-refractivity contribution in [3.8, 4) is 11.1 Å². The van der Waals surface area contributed by atoms with Crippen molar-refractivity contribution in [1.82, 2.24) is 19.7 Å². The summed E-state index contributed by atoms with van der Waals surface area (Å²) >= 11 is 0. The van der Waals surface area contributed by atoms with E-state index in [0.717, 1.165) is 41.5 Å². The van der Waals surface area contributed by atoms with Gasteiger partial charge in [-0.15, -0.1) is 0 Å². The second-order valence-electron chi connectivity index (χ2n) is 8.77. The number of pyridine rings is 1. The number of Topliss-reactive ketones (excluding diaryl/α,β-unsaturated/α-hetero) is 1. The minimum atomic E-state index is -1.60. The first-order valence-corrected chi connectivity index (χ1v) is 10.9. The second kappa shape index (κ2) is 7.58. The van der Waals surface area contributed by atoms with E-state index in [-0.39, 0.29) is 12.2 Å². The number of aryl methyl sites for hydroxylation is 1. The van der Waals surface area contributed by atoms with E-state index in [4.69, 9.17) is 0 Å². The van der Waals surface area contributed by atoms with Gasteiger partial charge in [0.05, 0.1) is 18.3 Å². The van der Waals surface area contributed by atoms with Gasteiger partial charge >= 0.3 is 0 Å². The number of fused-ring (bicyclic) bond motifs is 1. The number of piperidine rings is 1. The fraction of sp³-hybridized carbons (Fsp3) is 0.458. The summed E-state index contributed by atoms with van der Waals surface area (Å²) in [6.07, 6.45) is 8.32. The molecule has 5 rings (SSSR count). The molecule has 156 valence electrons. The first-order valence-electron chi connectivity index (χ1n) is 10.9. The third-order valence-electron chi connectivity index (χ3n) is 6.50. The van der Waals surface area contributed by atoms with Gasteiger partial charge in [-0.3, -0.25) is 19.4 Å². The summed E-state index contributed by atoms with van der Waals surface area (Å²) < 4.78 is 16.0. The molecule has 0 atom stereocenters. The average molecular weight is 407 g/mol. The molecule has 3 heterocycles. The molecule has 0 radical (unpaired) electrons. The van der Waals surface area contributed by atoms with Crippen LogP contribution in [0.2, 0.25) is 0 Å². The van der Waals surface area contributed by atoms with Gasteiger partial charge in [0.15, 0.2) is 11.5 Å². The molecule has 2 aromatic heterocycles. The van der Waals surface area contributed by atoms with Gasteiger partial charge in [-0.25, -0.2) is 4.39 Å². The van der Waals surface area contributed by atoms with Crippen LogP contribution in [-0.2, 0) is 24.8 Å². The number of carbonyl (C=O) groups excluding carboxylic acids is 1. The first kappa shape index (κ1) is 19.4. The van der Waals surface area contributed by atoms with E-state index in [9.17, 15) is 9.18 Å². The van der Waals surface area contributed by atoms with Gasteiger partial charge in [0.25, 0.3) is 0 Å². The lowest BCUT2D eigenvalue weighted by Crippen LogP contribution is -2.30. The van der Waals surface area contributed by atoms with Crippen LogP contribution in [0, 0.1) is 0 Å². The van der Waals surface area contributed by atoms with Gasteiger partial charge in [-0.05, 0) is 61.9 Å². The second-order valence-corrected chi connectivity index (χ2v) is 8.77. The molecule has 1 aliphatic heterocycles. The van der Waals surface area contributed by atoms with Crippen LogP contribution < -0.4 is 0 Å². The van der Waals surface area contributed by atoms with E-state index in [1.165, 1.54) is 25.0 Å². The Morgan fingerprint density at radius 2 is 1.90 bits per heavy atom. The lowest BCUT2D eigenvalue weighted by molar-refractivity contribution is -0.124. The number of benzene rings is 1. The van der Waals surface area contributed by atoms with E-state index in [0.29, 0.717) is 18.5 Å². The van der Waals surface area contributed by atoms with Crippen LogP contribution >= 0.6 is 0 Å². The van der Waals surface area contributed by atoms with Crippen molar-refractivity contribution in [2.24, 2.45) is 7.05 Å². The standard InChI is InChI=1S/C24H27FN4O/c1-28-22(16-29-9-3-2-4-10-29)21(15-27-28)17-5-6-18-14-26-20(12-19(18)11-17)13-23(30)24(25)7-8-24/h5-6,11-12,14-15H,2-4,7-10,13,16H2,1H3. The molecule has 3 aromatic rings. The Labute approximate surface area is 175 Å². The van der Waals surface area contributed by atoms with Crippen LogP contribution in [0.3, 0.4) is 0 Å². The summed E-state index contributed by atoms with van der Waals surface area (Å²) in [6.45, 7) is 3.18. The highest BCUT2D eigenvalue weighted by Crippen LogP contribution is 2.41. The van der Waals surface area contributed by atoms with E-state index in [2.05, 4.69) is 33.2 Å². The van der Waals surface area contributed by atoms with Crippen molar-refractivity contribution >= 4 is 16.6 Å². The van der Waals surface area contributed by atoms with E-state index in [1.807, 2.05) is 24.0 Å².